The van der Waals surface area contributed by atoms with Gasteiger partial charge in [-0.3, -0.25) is 9.13 Å². The lowest BCUT2D eigenvalue weighted by Crippen LogP contribution is -2.24. The standard InChI is InChI=1S/C11H22Br2O6P2/c1-5-16-20(14,17-6-2)11(9-10(11,12)13)21(15,18-7-3)19-8-4/h5-9H2,1-4H3. The van der Waals surface area contributed by atoms with E-state index in [1.165, 1.54) is 0 Å². The highest BCUT2D eigenvalue weighted by Crippen LogP contribution is 2.93. The summed E-state index contributed by atoms with van der Waals surface area (Å²) < 4.78 is 47.3. The molecule has 21 heavy (non-hydrogen) atoms. The minimum Gasteiger partial charge on any atom is -0.308 e. The maximum atomic E-state index is 13.3. The fourth-order valence-electron chi connectivity index (χ4n) is 2.19. The van der Waals surface area contributed by atoms with Gasteiger partial charge in [0, 0.05) is 6.42 Å². The second-order valence-electron chi connectivity index (χ2n) is 4.36. The lowest BCUT2D eigenvalue weighted by Gasteiger charge is -2.33. The van der Waals surface area contributed by atoms with Crippen molar-refractivity contribution < 1.29 is 27.2 Å². The zero-order valence-electron chi connectivity index (χ0n) is 12.6. The van der Waals surface area contributed by atoms with Gasteiger partial charge in [-0.2, -0.15) is 0 Å². The predicted octanol–water partition coefficient (Wildman–Crippen LogP) is 5.10. The van der Waals surface area contributed by atoms with Gasteiger partial charge in [-0.1, -0.05) is 31.9 Å². The monoisotopic (exact) mass is 470 g/mol. The van der Waals surface area contributed by atoms with E-state index in [4.69, 9.17) is 18.1 Å². The SMILES string of the molecule is CCOP(=O)(OCC)C1(P(=O)(OCC)OCC)CC1(Br)Br. The number of hydrogen-bond acceptors (Lipinski definition) is 6. The van der Waals surface area contributed by atoms with E-state index in [-0.39, 0.29) is 32.8 Å². The van der Waals surface area contributed by atoms with Crippen molar-refractivity contribution in [2.75, 3.05) is 26.4 Å². The maximum Gasteiger partial charge on any atom is 0.351 e. The van der Waals surface area contributed by atoms with E-state index in [1.54, 1.807) is 27.7 Å². The molecule has 0 N–H and O–H groups in total. The van der Waals surface area contributed by atoms with Crippen molar-refractivity contribution in [3.05, 3.63) is 0 Å². The van der Waals surface area contributed by atoms with Crippen molar-refractivity contribution in [1.29, 1.82) is 0 Å². The van der Waals surface area contributed by atoms with Crippen LogP contribution in [0.1, 0.15) is 34.1 Å². The van der Waals surface area contributed by atoms with Crippen LogP contribution in [0.5, 0.6) is 0 Å². The molecule has 0 radical (unpaired) electrons. The summed E-state index contributed by atoms with van der Waals surface area (Å²) in [5.74, 6) is 0. The predicted molar refractivity (Wildman–Crippen MR) is 89.7 cm³/mol. The molecule has 0 spiro atoms. The van der Waals surface area contributed by atoms with Gasteiger partial charge in [-0.05, 0) is 27.7 Å². The van der Waals surface area contributed by atoms with Crippen LogP contribution in [0.15, 0.2) is 0 Å². The largest absolute Gasteiger partial charge is 0.351 e. The lowest BCUT2D eigenvalue weighted by molar-refractivity contribution is 0.192. The smallest absolute Gasteiger partial charge is 0.308 e. The number of alkyl halides is 2. The molecular formula is C11H22Br2O6P2. The molecule has 0 heterocycles. The zero-order valence-corrected chi connectivity index (χ0v) is 17.6. The first-order chi connectivity index (χ1) is 9.70. The molecule has 0 unspecified atom stereocenters. The van der Waals surface area contributed by atoms with Gasteiger partial charge < -0.3 is 18.1 Å². The van der Waals surface area contributed by atoms with Crippen LogP contribution in [0.2, 0.25) is 0 Å². The van der Waals surface area contributed by atoms with Crippen LogP contribution in [-0.2, 0) is 27.2 Å². The van der Waals surface area contributed by atoms with E-state index in [9.17, 15) is 9.13 Å². The van der Waals surface area contributed by atoms with Crippen molar-refractivity contribution in [1.82, 2.24) is 0 Å². The summed E-state index contributed by atoms with van der Waals surface area (Å²) in [6.45, 7) is 7.52. The molecule has 1 aliphatic rings. The van der Waals surface area contributed by atoms with Crippen LogP contribution in [0.25, 0.3) is 0 Å². The molecule has 0 aromatic rings. The van der Waals surface area contributed by atoms with Crippen molar-refractivity contribution >= 4 is 47.1 Å². The zero-order chi connectivity index (χ0) is 16.4. The molecule has 1 rings (SSSR count). The molecule has 0 aromatic carbocycles. The Balaban J connectivity index is 3.38. The summed E-state index contributed by atoms with van der Waals surface area (Å²) in [7, 11) is -7.44. The summed E-state index contributed by atoms with van der Waals surface area (Å²) in [5, 5.41) is 0. The van der Waals surface area contributed by atoms with Crippen LogP contribution >= 0.6 is 47.1 Å². The van der Waals surface area contributed by atoms with Gasteiger partial charge in [0.15, 0.2) is 0 Å². The Morgan fingerprint density at radius 1 is 0.810 bits per heavy atom. The molecule has 0 aromatic heterocycles. The molecule has 0 amide bonds. The topological polar surface area (TPSA) is 71.1 Å². The van der Waals surface area contributed by atoms with Crippen LogP contribution in [0.3, 0.4) is 0 Å². The Bertz CT molecular complexity index is 406. The molecule has 0 bridgehead atoms. The molecule has 0 atom stereocenters. The molecule has 0 saturated heterocycles. The van der Waals surface area contributed by atoms with Gasteiger partial charge in [-0.25, -0.2) is 0 Å². The highest BCUT2D eigenvalue weighted by atomic mass is 79.9. The van der Waals surface area contributed by atoms with Crippen molar-refractivity contribution in [2.45, 2.75) is 42.2 Å². The van der Waals surface area contributed by atoms with Gasteiger partial charge in [0.05, 0.1) is 26.4 Å². The Morgan fingerprint density at radius 3 is 1.19 bits per heavy atom. The van der Waals surface area contributed by atoms with Gasteiger partial charge in [0.25, 0.3) is 0 Å². The van der Waals surface area contributed by atoms with Gasteiger partial charge in [0.2, 0.25) is 4.90 Å². The third kappa shape index (κ3) is 3.39. The summed E-state index contributed by atoms with van der Waals surface area (Å²) in [5.41, 5.74) is 0. The van der Waals surface area contributed by atoms with E-state index < -0.39 is 23.3 Å². The number of rotatable bonds is 10. The maximum absolute atomic E-state index is 13.3. The normalized spacial score (nSPS) is 20.5. The minimum atomic E-state index is -3.72. The summed E-state index contributed by atoms with van der Waals surface area (Å²) in [4.78, 5) is -1.38. The quantitative estimate of drug-likeness (QED) is 0.326. The molecule has 0 aliphatic heterocycles. The number of halogens is 2. The van der Waals surface area contributed by atoms with E-state index in [2.05, 4.69) is 31.9 Å². The second-order valence-corrected chi connectivity index (χ2v) is 13.0. The van der Waals surface area contributed by atoms with Gasteiger partial charge in [-0.15, -0.1) is 0 Å². The first kappa shape index (κ1) is 20.3. The molecular weight excluding hydrogens is 450 g/mol. The van der Waals surface area contributed by atoms with Crippen LogP contribution in [0, 0.1) is 0 Å². The molecule has 126 valence electrons. The average molecular weight is 472 g/mol. The lowest BCUT2D eigenvalue weighted by atomic mass is 10.9. The summed E-state index contributed by atoms with van der Waals surface area (Å²) >= 11 is 6.83. The minimum absolute atomic E-state index is 0.174. The van der Waals surface area contributed by atoms with Crippen molar-refractivity contribution in [3.8, 4) is 0 Å². The highest BCUT2D eigenvalue weighted by molar-refractivity contribution is 9.25. The fourth-order valence-corrected chi connectivity index (χ4v) is 12.4. The highest BCUT2D eigenvalue weighted by Gasteiger charge is 2.86. The number of hydrogen-bond donors (Lipinski definition) is 0. The van der Waals surface area contributed by atoms with Gasteiger partial charge >= 0.3 is 15.2 Å². The van der Waals surface area contributed by atoms with Crippen molar-refractivity contribution in [2.24, 2.45) is 0 Å². The van der Waals surface area contributed by atoms with E-state index in [0.29, 0.717) is 0 Å². The Kier molecular flexibility index (Phi) is 7.19. The third-order valence-electron chi connectivity index (χ3n) is 3.03. The Labute approximate surface area is 142 Å². The van der Waals surface area contributed by atoms with Crippen molar-refractivity contribution in [3.63, 3.8) is 0 Å². The first-order valence-corrected chi connectivity index (χ1v) is 11.5. The second kappa shape index (κ2) is 7.43. The summed E-state index contributed by atoms with van der Waals surface area (Å²) in [6, 6.07) is 0. The van der Waals surface area contributed by atoms with Crippen LogP contribution < -0.4 is 0 Å². The first-order valence-electron chi connectivity index (χ1n) is 6.86. The molecule has 1 fully saturated rings. The van der Waals surface area contributed by atoms with Crippen LogP contribution in [-0.4, -0.2) is 34.6 Å². The molecule has 1 saturated carbocycles. The average Bonchev–Trinajstić information content (AvgIpc) is 2.96. The fraction of sp³-hybridized carbons (Fsp3) is 1.00. The molecule has 6 nitrogen and oxygen atoms in total. The Morgan fingerprint density at radius 2 is 1.05 bits per heavy atom. The van der Waals surface area contributed by atoms with E-state index >= 15 is 0 Å². The van der Waals surface area contributed by atoms with Crippen LogP contribution in [0.4, 0.5) is 0 Å². The van der Waals surface area contributed by atoms with E-state index in [1.807, 2.05) is 0 Å². The molecule has 1 aliphatic carbocycles. The van der Waals surface area contributed by atoms with E-state index in [0.717, 1.165) is 0 Å². The summed E-state index contributed by atoms with van der Waals surface area (Å²) in [6.07, 6.45) is 0.258. The molecule has 10 heteroatoms. The third-order valence-corrected chi connectivity index (χ3v) is 12.9. The van der Waals surface area contributed by atoms with Gasteiger partial charge in [0.1, 0.15) is 3.23 Å². The Hall–Kier alpha value is 1.26.